The maximum atomic E-state index is 12.6. The molecule has 6 heteroatoms. The van der Waals surface area contributed by atoms with Crippen molar-refractivity contribution in [2.75, 3.05) is 5.73 Å². The number of aromatic nitrogens is 1. The normalized spacial score (nSPS) is 11.5. The van der Waals surface area contributed by atoms with Gasteiger partial charge in [-0.3, -0.25) is 4.79 Å². The summed E-state index contributed by atoms with van der Waals surface area (Å²) in [6.07, 6.45) is -3.64. The summed E-state index contributed by atoms with van der Waals surface area (Å²) in [4.78, 5) is 11.5. The van der Waals surface area contributed by atoms with Crippen molar-refractivity contribution in [3.05, 3.63) is 64.1 Å². The molecule has 0 amide bonds. The molecule has 0 saturated carbocycles. The van der Waals surface area contributed by atoms with Crippen LogP contribution in [0.15, 0.2) is 47.4 Å². The maximum Gasteiger partial charge on any atom is 0.417 e. The van der Waals surface area contributed by atoms with E-state index in [4.69, 9.17) is 5.73 Å². The van der Waals surface area contributed by atoms with Gasteiger partial charge in [0.1, 0.15) is 0 Å². The molecular formula is C13H11F3N2O. The highest BCUT2D eigenvalue weighted by Gasteiger charge is 2.30. The first-order valence-corrected chi connectivity index (χ1v) is 5.48. The van der Waals surface area contributed by atoms with Gasteiger partial charge in [0.2, 0.25) is 0 Å². The first kappa shape index (κ1) is 13.2. The highest BCUT2D eigenvalue weighted by atomic mass is 19.4. The molecule has 1 aromatic carbocycles. The predicted octanol–water partition coefficient (Wildman–Crippen LogP) is 2.50. The van der Waals surface area contributed by atoms with Crippen LogP contribution in [0.4, 0.5) is 18.9 Å². The van der Waals surface area contributed by atoms with Gasteiger partial charge < -0.3 is 10.3 Å². The zero-order valence-corrected chi connectivity index (χ0v) is 9.82. The number of hydrogen-bond donors (Lipinski definition) is 1. The third-order valence-electron chi connectivity index (χ3n) is 2.64. The Balaban J connectivity index is 2.34. The van der Waals surface area contributed by atoms with Crippen molar-refractivity contribution in [3.63, 3.8) is 0 Å². The van der Waals surface area contributed by atoms with E-state index in [2.05, 4.69) is 0 Å². The Morgan fingerprint density at radius 2 is 1.68 bits per heavy atom. The molecule has 0 fully saturated rings. The second-order valence-corrected chi connectivity index (χ2v) is 4.12. The predicted molar refractivity (Wildman–Crippen MR) is 65.7 cm³/mol. The van der Waals surface area contributed by atoms with Crippen LogP contribution in [0.1, 0.15) is 11.1 Å². The maximum absolute atomic E-state index is 12.6. The lowest BCUT2D eigenvalue weighted by Gasteiger charge is -2.10. The molecule has 0 bridgehead atoms. The SMILES string of the molecule is Nc1ccc(Cn2cc(C(F)(F)F)ccc2=O)cc1. The molecule has 0 saturated heterocycles. The summed E-state index contributed by atoms with van der Waals surface area (Å²) < 4.78 is 38.7. The van der Waals surface area contributed by atoms with Gasteiger partial charge in [-0.05, 0) is 23.8 Å². The summed E-state index contributed by atoms with van der Waals surface area (Å²) in [6.45, 7) is 0.0725. The van der Waals surface area contributed by atoms with Crippen LogP contribution in [0, 0.1) is 0 Å². The van der Waals surface area contributed by atoms with Crippen LogP contribution in [-0.4, -0.2) is 4.57 Å². The Hall–Kier alpha value is -2.24. The van der Waals surface area contributed by atoms with Crippen LogP contribution in [0.3, 0.4) is 0 Å². The third-order valence-corrected chi connectivity index (χ3v) is 2.64. The zero-order valence-electron chi connectivity index (χ0n) is 9.82. The van der Waals surface area contributed by atoms with E-state index >= 15 is 0 Å². The minimum atomic E-state index is -4.46. The molecule has 0 aliphatic heterocycles. The minimum Gasteiger partial charge on any atom is -0.399 e. The summed E-state index contributed by atoms with van der Waals surface area (Å²) >= 11 is 0. The van der Waals surface area contributed by atoms with E-state index in [9.17, 15) is 18.0 Å². The highest BCUT2D eigenvalue weighted by molar-refractivity contribution is 5.39. The number of rotatable bonds is 2. The molecule has 2 N–H and O–H groups in total. The van der Waals surface area contributed by atoms with Crippen LogP contribution in [0.25, 0.3) is 0 Å². The fourth-order valence-electron chi connectivity index (χ4n) is 1.64. The molecule has 0 aliphatic carbocycles. The first-order chi connectivity index (χ1) is 8.86. The number of benzene rings is 1. The van der Waals surface area contributed by atoms with E-state index in [1.165, 1.54) is 0 Å². The molecule has 0 radical (unpaired) electrons. The van der Waals surface area contributed by atoms with E-state index < -0.39 is 17.3 Å². The number of pyridine rings is 1. The summed E-state index contributed by atoms with van der Waals surface area (Å²) in [7, 11) is 0. The summed E-state index contributed by atoms with van der Waals surface area (Å²) in [5, 5.41) is 0. The van der Waals surface area contributed by atoms with Gasteiger partial charge in [-0.25, -0.2) is 0 Å². The number of anilines is 1. The lowest BCUT2D eigenvalue weighted by atomic mass is 10.2. The molecule has 1 heterocycles. The lowest BCUT2D eigenvalue weighted by molar-refractivity contribution is -0.138. The van der Waals surface area contributed by atoms with E-state index in [-0.39, 0.29) is 6.54 Å². The largest absolute Gasteiger partial charge is 0.417 e. The number of hydrogen-bond acceptors (Lipinski definition) is 2. The van der Waals surface area contributed by atoms with Crippen LogP contribution < -0.4 is 11.3 Å². The Bertz CT molecular complexity index is 630. The van der Waals surface area contributed by atoms with E-state index in [0.29, 0.717) is 11.3 Å². The summed E-state index contributed by atoms with van der Waals surface area (Å²) in [5.41, 5.74) is 5.45. The van der Waals surface area contributed by atoms with Gasteiger partial charge in [-0.1, -0.05) is 12.1 Å². The van der Waals surface area contributed by atoms with Crippen LogP contribution >= 0.6 is 0 Å². The van der Waals surface area contributed by atoms with Gasteiger partial charge >= 0.3 is 6.18 Å². The van der Waals surface area contributed by atoms with Crippen LogP contribution in [0.5, 0.6) is 0 Å². The fraction of sp³-hybridized carbons (Fsp3) is 0.154. The molecule has 2 aromatic rings. The molecule has 0 aliphatic rings. The van der Waals surface area contributed by atoms with Crippen LogP contribution in [-0.2, 0) is 12.7 Å². The monoisotopic (exact) mass is 268 g/mol. The smallest absolute Gasteiger partial charge is 0.399 e. The van der Waals surface area contributed by atoms with Gasteiger partial charge in [0.25, 0.3) is 5.56 Å². The first-order valence-electron chi connectivity index (χ1n) is 5.48. The van der Waals surface area contributed by atoms with Gasteiger partial charge in [0.15, 0.2) is 0 Å². The zero-order chi connectivity index (χ0) is 14.0. The van der Waals surface area contributed by atoms with Crippen molar-refractivity contribution >= 4 is 5.69 Å². The molecular weight excluding hydrogens is 257 g/mol. The van der Waals surface area contributed by atoms with Gasteiger partial charge in [-0.2, -0.15) is 13.2 Å². The average Bonchev–Trinajstić information content (AvgIpc) is 2.33. The number of nitrogens with zero attached hydrogens (tertiary/aromatic N) is 1. The molecule has 100 valence electrons. The summed E-state index contributed by atoms with van der Waals surface area (Å²) in [6, 6.07) is 8.30. The standard InChI is InChI=1S/C13H11F3N2O/c14-13(15,16)10-3-6-12(19)18(8-10)7-9-1-4-11(17)5-2-9/h1-6,8H,7,17H2. The third kappa shape index (κ3) is 3.15. The van der Waals surface area contributed by atoms with Crippen molar-refractivity contribution in [2.24, 2.45) is 0 Å². The average molecular weight is 268 g/mol. The molecule has 3 nitrogen and oxygen atoms in total. The number of alkyl halides is 3. The fourth-order valence-corrected chi connectivity index (χ4v) is 1.64. The Morgan fingerprint density at radius 3 is 2.26 bits per heavy atom. The number of nitrogens with two attached hydrogens (primary N) is 1. The minimum absolute atomic E-state index is 0.0725. The number of nitrogen functional groups attached to an aromatic ring is 1. The Morgan fingerprint density at radius 1 is 1.05 bits per heavy atom. The molecule has 0 unspecified atom stereocenters. The van der Waals surface area contributed by atoms with Crippen molar-refractivity contribution in [2.45, 2.75) is 12.7 Å². The highest BCUT2D eigenvalue weighted by Crippen LogP contribution is 2.28. The Labute approximate surface area is 107 Å². The van der Waals surface area contributed by atoms with Gasteiger partial charge in [0, 0.05) is 18.0 Å². The summed E-state index contributed by atoms with van der Waals surface area (Å²) in [5.74, 6) is 0. The molecule has 0 atom stereocenters. The van der Waals surface area contributed by atoms with Gasteiger partial charge in [0.05, 0.1) is 12.1 Å². The lowest BCUT2D eigenvalue weighted by Crippen LogP contribution is -2.21. The van der Waals surface area contributed by atoms with Crippen molar-refractivity contribution in [1.82, 2.24) is 4.57 Å². The van der Waals surface area contributed by atoms with Crippen molar-refractivity contribution in [3.8, 4) is 0 Å². The molecule has 1 aromatic heterocycles. The van der Waals surface area contributed by atoms with Crippen molar-refractivity contribution < 1.29 is 13.2 Å². The Kier molecular flexibility index (Phi) is 3.33. The second kappa shape index (κ2) is 4.79. The topological polar surface area (TPSA) is 48.0 Å². The quantitative estimate of drug-likeness (QED) is 0.851. The van der Waals surface area contributed by atoms with E-state index in [0.717, 1.165) is 22.9 Å². The number of halogens is 3. The van der Waals surface area contributed by atoms with Crippen molar-refractivity contribution in [1.29, 1.82) is 0 Å². The van der Waals surface area contributed by atoms with Gasteiger partial charge in [-0.15, -0.1) is 0 Å². The molecule has 19 heavy (non-hydrogen) atoms. The molecule has 0 spiro atoms. The van der Waals surface area contributed by atoms with E-state index in [1.807, 2.05) is 0 Å². The van der Waals surface area contributed by atoms with E-state index in [1.54, 1.807) is 24.3 Å². The molecule has 2 rings (SSSR count). The van der Waals surface area contributed by atoms with Crippen LogP contribution in [0.2, 0.25) is 0 Å². The second-order valence-electron chi connectivity index (χ2n) is 4.12.